The van der Waals surface area contributed by atoms with E-state index in [1.165, 1.54) is 24.1 Å². The molecule has 0 bridgehead atoms. The molecule has 5 nitrogen and oxygen atoms in total. The van der Waals surface area contributed by atoms with Gasteiger partial charge in [-0.25, -0.2) is 0 Å². The van der Waals surface area contributed by atoms with E-state index in [0.29, 0.717) is 5.56 Å². The number of phenolic OH excluding ortho intramolecular Hbond substituents is 1. The third kappa shape index (κ3) is 2.93. The van der Waals surface area contributed by atoms with Crippen molar-refractivity contribution < 1.29 is 9.90 Å². The molecule has 0 amide bonds. The number of benzene rings is 1. The number of aromatic hydroxyl groups is 1. The second kappa shape index (κ2) is 6.56. The van der Waals surface area contributed by atoms with E-state index >= 15 is 0 Å². The molecule has 1 aromatic carbocycles. The quantitative estimate of drug-likeness (QED) is 0.843. The summed E-state index contributed by atoms with van der Waals surface area (Å²) in [5.41, 5.74) is 5.19. The second-order valence-electron chi connectivity index (χ2n) is 7.21. The van der Waals surface area contributed by atoms with Crippen LogP contribution in [-0.2, 0) is 0 Å². The van der Waals surface area contributed by atoms with Gasteiger partial charge in [-0.1, -0.05) is 0 Å². The van der Waals surface area contributed by atoms with Crippen molar-refractivity contribution in [2.24, 2.45) is 0 Å². The number of nitrogens with zero attached hydrogens (tertiary/aromatic N) is 2. The number of aromatic nitrogens is 1. The first-order valence-corrected chi connectivity index (χ1v) is 9.13. The van der Waals surface area contributed by atoms with Crippen molar-refractivity contribution in [3.63, 3.8) is 0 Å². The molecule has 25 heavy (non-hydrogen) atoms. The number of allylic oxidation sites excluding steroid dienone is 1. The van der Waals surface area contributed by atoms with E-state index < -0.39 is 0 Å². The maximum absolute atomic E-state index is 11.4. The van der Waals surface area contributed by atoms with Crippen LogP contribution in [0.3, 0.4) is 0 Å². The van der Waals surface area contributed by atoms with Crippen LogP contribution in [0.5, 0.6) is 5.75 Å². The third-order valence-corrected chi connectivity index (χ3v) is 5.56. The Kier molecular flexibility index (Phi) is 4.25. The molecule has 2 fully saturated rings. The molecule has 5 heteroatoms. The maximum Gasteiger partial charge on any atom is 0.154 e. The molecule has 1 saturated heterocycles. The van der Waals surface area contributed by atoms with E-state index in [9.17, 15) is 9.90 Å². The van der Waals surface area contributed by atoms with Gasteiger partial charge < -0.3 is 19.9 Å². The highest BCUT2D eigenvalue weighted by molar-refractivity contribution is 6.01. The van der Waals surface area contributed by atoms with Crippen molar-refractivity contribution in [2.45, 2.75) is 25.7 Å². The number of carbonyl (C=O) groups excluding carboxylic acids is 1. The second-order valence-corrected chi connectivity index (χ2v) is 7.21. The minimum Gasteiger partial charge on any atom is -0.507 e. The predicted molar refractivity (Wildman–Crippen MR) is 99.8 cm³/mol. The summed E-state index contributed by atoms with van der Waals surface area (Å²) in [7, 11) is 2.17. The van der Waals surface area contributed by atoms with E-state index in [0.717, 1.165) is 61.9 Å². The lowest BCUT2D eigenvalue weighted by molar-refractivity contribution is 0.112. The molecule has 1 saturated carbocycles. The molecule has 0 radical (unpaired) electrons. The van der Waals surface area contributed by atoms with Gasteiger partial charge in [-0.15, -0.1) is 0 Å². The number of carbonyl (C=O) groups is 1. The Morgan fingerprint density at radius 3 is 2.56 bits per heavy atom. The van der Waals surface area contributed by atoms with E-state index in [-0.39, 0.29) is 5.75 Å². The first-order chi connectivity index (χ1) is 12.2. The molecule has 132 valence electrons. The van der Waals surface area contributed by atoms with Gasteiger partial charge in [0.25, 0.3) is 0 Å². The molecular weight excluding hydrogens is 314 g/mol. The smallest absolute Gasteiger partial charge is 0.154 e. The van der Waals surface area contributed by atoms with Gasteiger partial charge in [-0.3, -0.25) is 4.79 Å². The molecule has 2 heterocycles. The van der Waals surface area contributed by atoms with Gasteiger partial charge in [0.15, 0.2) is 6.29 Å². The molecule has 0 atom stereocenters. The van der Waals surface area contributed by atoms with Crippen LogP contribution in [0.15, 0.2) is 23.8 Å². The van der Waals surface area contributed by atoms with Crippen molar-refractivity contribution in [2.75, 3.05) is 33.2 Å². The van der Waals surface area contributed by atoms with E-state index in [1.54, 1.807) is 6.07 Å². The van der Waals surface area contributed by atoms with Crippen molar-refractivity contribution in [1.29, 1.82) is 0 Å². The molecule has 1 aromatic heterocycles. The fourth-order valence-electron chi connectivity index (χ4n) is 4.12. The Morgan fingerprint density at radius 2 is 1.88 bits per heavy atom. The molecule has 2 N–H and O–H groups in total. The van der Waals surface area contributed by atoms with E-state index in [4.69, 9.17) is 0 Å². The van der Waals surface area contributed by atoms with Crippen LogP contribution in [0.4, 0.5) is 0 Å². The zero-order chi connectivity index (χ0) is 17.4. The lowest BCUT2D eigenvalue weighted by Gasteiger charge is -2.36. The number of likely N-dealkylation sites (N-methyl/N-ethyl adjacent to an activating group) is 1. The Morgan fingerprint density at radius 1 is 1.16 bits per heavy atom. The Labute approximate surface area is 147 Å². The Hall–Kier alpha value is -2.27. The number of rotatable bonds is 3. The van der Waals surface area contributed by atoms with Gasteiger partial charge in [0.1, 0.15) is 5.75 Å². The lowest BCUT2D eigenvalue weighted by atomic mass is 10.1. The van der Waals surface area contributed by atoms with Gasteiger partial charge in [0.05, 0.1) is 17.0 Å². The third-order valence-electron chi connectivity index (χ3n) is 5.56. The minimum atomic E-state index is 0.0442. The first kappa shape index (κ1) is 16.2. The summed E-state index contributed by atoms with van der Waals surface area (Å²) in [4.78, 5) is 19.8. The maximum atomic E-state index is 11.4. The summed E-state index contributed by atoms with van der Waals surface area (Å²) < 4.78 is 0. The molecule has 0 spiro atoms. The fraction of sp³-hybridized carbons (Fsp3) is 0.450. The molecule has 2 aromatic rings. The predicted octanol–water partition coefficient (Wildman–Crippen LogP) is 3.22. The van der Waals surface area contributed by atoms with Crippen molar-refractivity contribution in [1.82, 2.24) is 14.8 Å². The number of hydrogen-bond donors (Lipinski definition) is 2. The van der Waals surface area contributed by atoms with Crippen molar-refractivity contribution in [3.05, 3.63) is 35.0 Å². The van der Waals surface area contributed by atoms with Gasteiger partial charge in [0.2, 0.25) is 0 Å². The molecule has 2 aliphatic rings. The number of aromatic amines is 1. The topological polar surface area (TPSA) is 59.6 Å². The SMILES string of the molecule is CN1CCN(C(=C2CCCC2)c2cc3c(C=O)c(O)ccc3[nH]2)CC1. The number of aldehydes is 1. The highest BCUT2D eigenvalue weighted by atomic mass is 16.3. The summed E-state index contributed by atoms with van der Waals surface area (Å²) in [6.45, 7) is 4.18. The first-order valence-electron chi connectivity index (χ1n) is 9.13. The molecule has 1 aliphatic heterocycles. The zero-order valence-corrected chi connectivity index (χ0v) is 14.7. The van der Waals surface area contributed by atoms with Gasteiger partial charge in [-0.05, 0) is 56.5 Å². The number of fused-ring (bicyclic) bond motifs is 1. The summed E-state index contributed by atoms with van der Waals surface area (Å²) in [5, 5.41) is 10.8. The van der Waals surface area contributed by atoms with Crippen LogP contribution in [0.1, 0.15) is 41.7 Å². The van der Waals surface area contributed by atoms with Gasteiger partial charge in [-0.2, -0.15) is 0 Å². The molecular formula is C20H25N3O2. The number of phenols is 1. The number of hydrogen-bond acceptors (Lipinski definition) is 4. The van der Waals surface area contributed by atoms with Gasteiger partial charge >= 0.3 is 0 Å². The minimum absolute atomic E-state index is 0.0442. The summed E-state index contributed by atoms with van der Waals surface area (Å²) in [6.07, 6.45) is 5.57. The van der Waals surface area contributed by atoms with Crippen LogP contribution in [0.25, 0.3) is 16.6 Å². The van der Waals surface area contributed by atoms with E-state index in [2.05, 4.69) is 21.8 Å². The van der Waals surface area contributed by atoms with Crippen LogP contribution in [0.2, 0.25) is 0 Å². The van der Waals surface area contributed by atoms with Crippen LogP contribution >= 0.6 is 0 Å². The fourth-order valence-corrected chi connectivity index (χ4v) is 4.12. The highest BCUT2D eigenvalue weighted by Crippen LogP contribution is 2.36. The Bertz CT molecular complexity index is 821. The molecule has 1 aliphatic carbocycles. The average molecular weight is 339 g/mol. The largest absolute Gasteiger partial charge is 0.507 e. The molecule has 4 rings (SSSR count). The van der Waals surface area contributed by atoms with Crippen LogP contribution in [-0.4, -0.2) is 59.4 Å². The van der Waals surface area contributed by atoms with Crippen LogP contribution < -0.4 is 0 Å². The Balaban J connectivity index is 1.81. The zero-order valence-electron chi connectivity index (χ0n) is 14.7. The summed E-state index contributed by atoms with van der Waals surface area (Å²) >= 11 is 0. The number of nitrogens with one attached hydrogen (secondary N) is 1. The lowest BCUT2D eigenvalue weighted by Crippen LogP contribution is -2.43. The van der Waals surface area contributed by atoms with Crippen molar-refractivity contribution >= 4 is 22.9 Å². The number of H-pyrrole nitrogens is 1. The standard InChI is InChI=1S/C20H25N3O2/c1-22-8-10-23(11-9-22)20(14-4-2-3-5-14)18-12-15-16(13-24)19(25)7-6-17(15)21-18/h6-7,12-13,21,25H,2-5,8-11H2,1H3. The summed E-state index contributed by atoms with van der Waals surface area (Å²) in [5.74, 6) is 0.0442. The van der Waals surface area contributed by atoms with Gasteiger partial charge in [0, 0.05) is 37.1 Å². The normalized spacial score (nSPS) is 18.9. The summed E-state index contributed by atoms with van der Waals surface area (Å²) in [6, 6.07) is 5.48. The highest BCUT2D eigenvalue weighted by Gasteiger charge is 2.24. The van der Waals surface area contributed by atoms with Crippen LogP contribution in [0, 0.1) is 0 Å². The molecule has 0 unspecified atom stereocenters. The average Bonchev–Trinajstić information content (AvgIpc) is 3.27. The monoisotopic (exact) mass is 339 g/mol. The van der Waals surface area contributed by atoms with Crippen molar-refractivity contribution in [3.8, 4) is 5.75 Å². The van der Waals surface area contributed by atoms with E-state index in [1.807, 2.05) is 12.1 Å². The number of piperazine rings is 1.